The molecular formula is C21H33NO. The Bertz CT molecular complexity index is 474. The molecule has 0 spiro atoms. The summed E-state index contributed by atoms with van der Waals surface area (Å²) < 4.78 is 6.24. The van der Waals surface area contributed by atoms with Gasteiger partial charge in [0.2, 0.25) is 0 Å². The van der Waals surface area contributed by atoms with Crippen molar-refractivity contribution in [2.75, 3.05) is 13.1 Å². The van der Waals surface area contributed by atoms with Crippen LogP contribution in [0.1, 0.15) is 70.8 Å². The van der Waals surface area contributed by atoms with Gasteiger partial charge in [0.05, 0.1) is 6.10 Å². The van der Waals surface area contributed by atoms with Crippen molar-refractivity contribution in [3.63, 3.8) is 0 Å². The number of nitrogens with one attached hydrogen (secondary N) is 1. The molecule has 1 aliphatic carbocycles. The average Bonchev–Trinajstić information content (AvgIpc) is 2.56. The van der Waals surface area contributed by atoms with E-state index in [0.29, 0.717) is 17.4 Å². The number of hydrogen-bond acceptors (Lipinski definition) is 2. The van der Waals surface area contributed by atoms with Gasteiger partial charge in [0.1, 0.15) is 5.75 Å². The summed E-state index contributed by atoms with van der Waals surface area (Å²) in [6.45, 7) is 9.42. The number of hydrogen-bond donors (Lipinski definition) is 1. The first-order valence-corrected chi connectivity index (χ1v) is 9.50. The van der Waals surface area contributed by atoms with E-state index in [2.05, 4.69) is 50.4 Å². The SMILES string of the molecule is CC(C)(C)[C@H]1CC[C@H](Oc2ccc(C3CCCNC3)cc2)CC1. The number of benzene rings is 1. The Labute approximate surface area is 142 Å². The molecule has 0 amide bonds. The van der Waals surface area contributed by atoms with Crippen molar-refractivity contribution in [1.82, 2.24) is 5.32 Å². The van der Waals surface area contributed by atoms with Crippen molar-refractivity contribution in [3.8, 4) is 5.75 Å². The first kappa shape index (κ1) is 16.8. The molecule has 23 heavy (non-hydrogen) atoms. The number of rotatable bonds is 3. The molecule has 0 bridgehead atoms. The summed E-state index contributed by atoms with van der Waals surface area (Å²) in [6.07, 6.45) is 8.03. The van der Waals surface area contributed by atoms with E-state index in [1.165, 1.54) is 50.6 Å². The van der Waals surface area contributed by atoms with Crippen molar-refractivity contribution < 1.29 is 4.74 Å². The highest BCUT2D eigenvalue weighted by atomic mass is 16.5. The molecule has 2 aliphatic rings. The average molecular weight is 316 g/mol. The fourth-order valence-electron chi connectivity index (χ4n) is 4.19. The van der Waals surface area contributed by atoms with Gasteiger partial charge < -0.3 is 10.1 Å². The second-order valence-corrected chi connectivity index (χ2v) is 8.57. The van der Waals surface area contributed by atoms with E-state index >= 15 is 0 Å². The van der Waals surface area contributed by atoms with Gasteiger partial charge in [0, 0.05) is 6.54 Å². The molecule has 128 valence electrons. The van der Waals surface area contributed by atoms with Crippen molar-refractivity contribution in [1.29, 1.82) is 0 Å². The normalized spacial score (nSPS) is 29.3. The largest absolute Gasteiger partial charge is 0.490 e. The lowest BCUT2D eigenvalue weighted by atomic mass is 9.72. The van der Waals surface area contributed by atoms with Crippen LogP contribution in [-0.2, 0) is 0 Å². The van der Waals surface area contributed by atoms with Gasteiger partial charge in [-0.05, 0) is 80.0 Å². The minimum absolute atomic E-state index is 0.413. The van der Waals surface area contributed by atoms with Crippen LogP contribution >= 0.6 is 0 Å². The third-order valence-corrected chi connectivity index (χ3v) is 5.85. The van der Waals surface area contributed by atoms with Gasteiger partial charge >= 0.3 is 0 Å². The van der Waals surface area contributed by atoms with Crippen molar-refractivity contribution in [2.24, 2.45) is 11.3 Å². The molecule has 1 atom stereocenters. The minimum atomic E-state index is 0.413. The zero-order valence-corrected chi connectivity index (χ0v) is 15.1. The summed E-state index contributed by atoms with van der Waals surface area (Å²) in [4.78, 5) is 0. The molecule has 1 saturated carbocycles. The van der Waals surface area contributed by atoms with Crippen LogP contribution in [0.4, 0.5) is 0 Å². The fraction of sp³-hybridized carbons (Fsp3) is 0.714. The third-order valence-electron chi connectivity index (χ3n) is 5.85. The van der Waals surface area contributed by atoms with Gasteiger partial charge in [0.15, 0.2) is 0 Å². The lowest BCUT2D eigenvalue weighted by Crippen LogP contribution is -2.30. The van der Waals surface area contributed by atoms with Crippen LogP contribution in [0.15, 0.2) is 24.3 Å². The Morgan fingerprint density at radius 3 is 2.22 bits per heavy atom. The summed E-state index contributed by atoms with van der Waals surface area (Å²) in [7, 11) is 0. The summed E-state index contributed by atoms with van der Waals surface area (Å²) >= 11 is 0. The predicted molar refractivity (Wildman–Crippen MR) is 97.1 cm³/mol. The molecule has 1 saturated heterocycles. The topological polar surface area (TPSA) is 21.3 Å². The lowest BCUT2D eigenvalue weighted by molar-refractivity contribution is 0.0882. The van der Waals surface area contributed by atoms with E-state index in [4.69, 9.17) is 4.74 Å². The van der Waals surface area contributed by atoms with Gasteiger partial charge in [-0.3, -0.25) is 0 Å². The Kier molecular flexibility index (Phi) is 5.31. The molecule has 2 heteroatoms. The highest BCUT2D eigenvalue weighted by Crippen LogP contribution is 2.38. The molecule has 1 aliphatic heterocycles. The van der Waals surface area contributed by atoms with E-state index in [1.807, 2.05) is 0 Å². The monoisotopic (exact) mass is 315 g/mol. The van der Waals surface area contributed by atoms with Crippen LogP contribution in [0.2, 0.25) is 0 Å². The molecule has 2 nitrogen and oxygen atoms in total. The first-order chi connectivity index (χ1) is 11.0. The zero-order valence-electron chi connectivity index (χ0n) is 15.1. The van der Waals surface area contributed by atoms with Crippen LogP contribution in [0.5, 0.6) is 5.75 Å². The molecule has 2 fully saturated rings. The molecule has 1 unspecified atom stereocenters. The van der Waals surface area contributed by atoms with Crippen LogP contribution in [0.3, 0.4) is 0 Å². The highest BCUT2D eigenvalue weighted by Gasteiger charge is 2.30. The van der Waals surface area contributed by atoms with Crippen LogP contribution < -0.4 is 10.1 Å². The first-order valence-electron chi connectivity index (χ1n) is 9.50. The Morgan fingerprint density at radius 1 is 0.957 bits per heavy atom. The quantitative estimate of drug-likeness (QED) is 0.834. The second kappa shape index (κ2) is 7.25. The fourth-order valence-corrected chi connectivity index (χ4v) is 4.19. The van der Waals surface area contributed by atoms with Gasteiger partial charge in [-0.15, -0.1) is 0 Å². The number of ether oxygens (including phenoxy) is 1. The smallest absolute Gasteiger partial charge is 0.119 e. The van der Waals surface area contributed by atoms with Crippen molar-refractivity contribution in [3.05, 3.63) is 29.8 Å². The van der Waals surface area contributed by atoms with Gasteiger partial charge in [-0.25, -0.2) is 0 Å². The van der Waals surface area contributed by atoms with Gasteiger partial charge in [0.25, 0.3) is 0 Å². The Hall–Kier alpha value is -1.02. The summed E-state index contributed by atoms with van der Waals surface area (Å²) in [5, 5.41) is 3.50. The molecule has 3 rings (SSSR count). The van der Waals surface area contributed by atoms with E-state index in [1.54, 1.807) is 0 Å². The van der Waals surface area contributed by atoms with E-state index in [9.17, 15) is 0 Å². The standard InChI is InChI=1S/C21H33NO/c1-21(2,3)18-8-12-20(13-9-18)23-19-10-6-16(7-11-19)17-5-4-14-22-15-17/h6-7,10-11,17-18,20,22H,4-5,8-9,12-15H2,1-3H3/t17?,18-,20-. The van der Waals surface area contributed by atoms with Gasteiger partial charge in [-0.1, -0.05) is 32.9 Å². The van der Waals surface area contributed by atoms with Crippen LogP contribution in [0.25, 0.3) is 0 Å². The Balaban J connectivity index is 1.51. The minimum Gasteiger partial charge on any atom is -0.490 e. The molecular weight excluding hydrogens is 282 g/mol. The van der Waals surface area contributed by atoms with Gasteiger partial charge in [-0.2, -0.15) is 0 Å². The number of piperidine rings is 1. The predicted octanol–water partition coefficient (Wildman–Crippen LogP) is 5.14. The second-order valence-electron chi connectivity index (χ2n) is 8.57. The summed E-state index contributed by atoms with van der Waals surface area (Å²) in [5.74, 6) is 2.58. The summed E-state index contributed by atoms with van der Waals surface area (Å²) in [5.41, 5.74) is 1.90. The molecule has 1 N–H and O–H groups in total. The third kappa shape index (κ3) is 4.50. The maximum absolute atomic E-state index is 6.24. The van der Waals surface area contributed by atoms with E-state index in [-0.39, 0.29) is 0 Å². The molecule has 0 aromatic heterocycles. The molecule has 0 radical (unpaired) electrons. The maximum atomic E-state index is 6.24. The lowest BCUT2D eigenvalue weighted by Gasteiger charge is -2.37. The van der Waals surface area contributed by atoms with Crippen molar-refractivity contribution >= 4 is 0 Å². The molecule has 1 aromatic carbocycles. The van der Waals surface area contributed by atoms with E-state index < -0.39 is 0 Å². The Morgan fingerprint density at radius 2 is 1.65 bits per heavy atom. The maximum Gasteiger partial charge on any atom is 0.119 e. The molecule has 1 heterocycles. The van der Waals surface area contributed by atoms with Crippen LogP contribution in [0, 0.1) is 11.3 Å². The van der Waals surface area contributed by atoms with Crippen LogP contribution in [-0.4, -0.2) is 19.2 Å². The zero-order chi connectivity index (χ0) is 16.3. The van der Waals surface area contributed by atoms with Crippen molar-refractivity contribution in [2.45, 2.75) is 71.3 Å². The highest BCUT2D eigenvalue weighted by molar-refractivity contribution is 5.30. The van der Waals surface area contributed by atoms with E-state index in [0.717, 1.165) is 18.2 Å². The molecule has 1 aromatic rings. The summed E-state index contributed by atoms with van der Waals surface area (Å²) in [6, 6.07) is 8.90.